The van der Waals surface area contributed by atoms with E-state index in [0.717, 1.165) is 10.9 Å². The van der Waals surface area contributed by atoms with Crippen molar-refractivity contribution in [3.63, 3.8) is 0 Å². The summed E-state index contributed by atoms with van der Waals surface area (Å²) in [6.45, 7) is 0. The van der Waals surface area contributed by atoms with Crippen molar-refractivity contribution in [2.75, 3.05) is 0 Å². The van der Waals surface area contributed by atoms with Crippen LogP contribution >= 0.6 is 0 Å². The summed E-state index contributed by atoms with van der Waals surface area (Å²) < 4.78 is 4.67. The molecule has 0 aliphatic carbocycles. The molecule has 0 amide bonds. The summed E-state index contributed by atoms with van der Waals surface area (Å²) in [6, 6.07) is 8.96. The molecule has 15 heavy (non-hydrogen) atoms. The van der Waals surface area contributed by atoms with E-state index in [9.17, 15) is 4.79 Å². The van der Waals surface area contributed by atoms with Crippen molar-refractivity contribution in [1.82, 2.24) is 4.98 Å². The van der Waals surface area contributed by atoms with Gasteiger partial charge in [0.2, 0.25) is 5.88 Å². The third kappa shape index (κ3) is 1.98. The fourth-order valence-corrected chi connectivity index (χ4v) is 1.26. The Bertz CT molecular complexity index is 456. The van der Waals surface area contributed by atoms with Crippen LogP contribution in [0.2, 0.25) is 0 Å². The first-order valence-corrected chi connectivity index (χ1v) is 4.32. The number of fused-ring (bicyclic) bond motifs is 1. The molecule has 0 saturated carbocycles. The number of aliphatic hydroxyl groups excluding tert-OH is 1. The maximum atomic E-state index is 10.8. The maximum Gasteiger partial charge on any atom is 0.369 e. The molecule has 2 aromatic rings. The Morgan fingerprint density at radius 2 is 2.07 bits per heavy atom. The van der Waals surface area contributed by atoms with Gasteiger partial charge in [0.15, 0.2) is 0 Å². The molecule has 0 aliphatic rings. The summed E-state index contributed by atoms with van der Waals surface area (Å²) >= 11 is 0. The van der Waals surface area contributed by atoms with Crippen molar-refractivity contribution in [3.8, 4) is 5.88 Å². The highest BCUT2D eigenvalue weighted by Crippen LogP contribution is 2.19. The van der Waals surface area contributed by atoms with Crippen LogP contribution in [0.15, 0.2) is 30.3 Å². The summed E-state index contributed by atoms with van der Waals surface area (Å²) in [5.74, 6) is -0.921. The Hall–Kier alpha value is -1.85. The largest absolute Gasteiger partial charge is 0.406 e. The molecule has 0 atom stereocenters. The SMILES string of the molecule is O=C(Oc1cc2ccccc2[nH]1)C(O)O. The monoisotopic (exact) mass is 207 g/mol. The molecule has 1 heterocycles. The number of H-pyrrole nitrogens is 1. The van der Waals surface area contributed by atoms with Gasteiger partial charge >= 0.3 is 5.97 Å². The number of aliphatic hydroxyl groups is 2. The lowest BCUT2D eigenvalue weighted by Gasteiger charge is -2.01. The average Bonchev–Trinajstić information content (AvgIpc) is 2.59. The number of benzene rings is 1. The van der Waals surface area contributed by atoms with Crippen molar-refractivity contribution in [3.05, 3.63) is 30.3 Å². The number of carbonyl (C=O) groups excluding carboxylic acids is 1. The zero-order chi connectivity index (χ0) is 10.8. The van der Waals surface area contributed by atoms with Crippen LogP contribution in [0, 0.1) is 0 Å². The molecule has 1 aromatic heterocycles. The molecule has 5 nitrogen and oxygen atoms in total. The zero-order valence-electron chi connectivity index (χ0n) is 7.68. The first-order valence-electron chi connectivity index (χ1n) is 4.32. The summed E-state index contributed by atoms with van der Waals surface area (Å²) in [7, 11) is 0. The first-order chi connectivity index (χ1) is 7.16. The van der Waals surface area contributed by atoms with Gasteiger partial charge in [0.1, 0.15) is 0 Å². The number of aromatic amines is 1. The van der Waals surface area contributed by atoms with Gasteiger partial charge in [0.05, 0.1) is 0 Å². The Kier molecular flexibility index (Phi) is 2.40. The molecular formula is C10H9NO4. The van der Waals surface area contributed by atoms with Gasteiger partial charge in [0.25, 0.3) is 6.29 Å². The smallest absolute Gasteiger partial charge is 0.369 e. The van der Waals surface area contributed by atoms with Crippen LogP contribution in [0.3, 0.4) is 0 Å². The van der Waals surface area contributed by atoms with Crippen LogP contribution in [0.1, 0.15) is 0 Å². The molecule has 1 aromatic carbocycles. The highest BCUT2D eigenvalue weighted by atomic mass is 16.6. The minimum Gasteiger partial charge on any atom is -0.406 e. The Morgan fingerprint density at radius 1 is 1.33 bits per heavy atom. The number of carbonyl (C=O) groups is 1. The number of aromatic nitrogens is 1. The summed E-state index contributed by atoms with van der Waals surface area (Å²) in [6.07, 6.45) is -2.11. The first kappa shape index (κ1) is 9.70. The summed E-state index contributed by atoms with van der Waals surface area (Å²) in [5.41, 5.74) is 0.813. The van der Waals surface area contributed by atoms with Gasteiger partial charge in [0, 0.05) is 17.0 Å². The Balaban J connectivity index is 2.26. The van der Waals surface area contributed by atoms with Crippen molar-refractivity contribution in [2.45, 2.75) is 6.29 Å². The molecular weight excluding hydrogens is 198 g/mol. The second kappa shape index (κ2) is 3.72. The molecule has 2 rings (SSSR count). The van der Waals surface area contributed by atoms with E-state index >= 15 is 0 Å². The van der Waals surface area contributed by atoms with E-state index in [0.29, 0.717) is 0 Å². The molecule has 0 saturated heterocycles. The van der Waals surface area contributed by atoms with E-state index in [1.165, 1.54) is 0 Å². The number of hydrogen-bond acceptors (Lipinski definition) is 4. The summed E-state index contributed by atoms with van der Waals surface area (Å²) in [4.78, 5) is 13.7. The molecule has 0 bridgehead atoms. The van der Waals surface area contributed by atoms with Gasteiger partial charge < -0.3 is 19.9 Å². The van der Waals surface area contributed by atoms with E-state index < -0.39 is 12.3 Å². The zero-order valence-corrected chi connectivity index (χ0v) is 7.68. The second-order valence-electron chi connectivity index (χ2n) is 3.02. The number of esters is 1. The third-order valence-corrected chi connectivity index (χ3v) is 1.93. The fraction of sp³-hybridized carbons (Fsp3) is 0.100. The van der Waals surface area contributed by atoms with Crippen LogP contribution in [-0.4, -0.2) is 27.5 Å². The van der Waals surface area contributed by atoms with E-state index in [1.54, 1.807) is 6.07 Å². The number of nitrogens with one attached hydrogen (secondary N) is 1. The van der Waals surface area contributed by atoms with Crippen LogP contribution in [0.5, 0.6) is 5.88 Å². The van der Waals surface area contributed by atoms with E-state index in [-0.39, 0.29) is 5.88 Å². The lowest BCUT2D eigenvalue weighted by Crippen LogP contribution is -2.24. The highest BCUT2D eigenvalue weighted by molar-refractivity contribution is 5.83. The van der Waals surface area contributed by atoms with E-state index in [2.05, 4.69) is 9.72 Å². The third-order valence-electron chi connectivity index (χ3n) is 1.93. The van der Waals surface area contributed by atoms with Crippen molar-refractivity contribution < 1.29 is 19.7 Å². The molecule has 0 radical (unpaired) electrons. The lowest BCUT2D eigenvalue weighted by molar-refractivity contribution is -0.163. The lowest BCUT2D eigenvalue weighted by atomic mass is 10.3. The average molecular weight is 207 g/mol. The predicted molar refractivity (Wildman–Crippen MR) is 52.2 cm³/mol. The van der Waals surface area contributed by atoms with Gasteiger partial charge in [-0.1, -0.05) is 18.2 Å². The Labute approximate surface area is 84.9 Å². The van der Waals surface area contributed by atoms with Gasteiger partial charge in [-0.15, -0.1) is 0 Å². The summed E-state index contributed by atoms with van der Waals surface area (Å²) in [5, 5.41) is 17.9. The minimum atomic E-state index is -2.11. The number of ether oxygens (including phenoxy) is 1. The standard InChI is InChI=1S/C10H9NO4/c12-9(13)10(14)15-8-5-6-3-1-2-4-7(6)11-8/h1-5,9,11-13H. The topological polar surface area (TPSA) is 82.6 Å². The highest BCUT2D eigenvalue weighted by Gasteiger charge is 2.14. The number of hydrogen-bond donors (Lipinski definition) is 3. The Morgan fingerprint density at radius 3 is 2.73 bits per heavy atom. The maximum absolute atomic E-state index is 10.8. The fourth-order valence-electron chi connectivity index (χ4n) is 1.26. The molecule has 5 heteroatoms. The van der Waals surface area contributed by atoms with E-state index in [1.807, 2.05) is 24.3 Å². The molecule has 0 fully saturated rings. The van der Waals surface area contributed by atoms with Crippen LogP contribution < -0.4 is 4.74 Å². The van der Waals surface area contributed by atoms with Crippen LogP contribution in [0.4, 0.5) is 0 Å². The van der Waals surface area contributed by atoms with Gasteiger partial charge in [-0.2, -0.15) is 0 Å². The van der Waals surface area contributed by atoms with Gasteiger partial charge in [-0.25, -0.2) is 4.79 Å². The van der Waals surface area contributed by atoms with Crippen molar-refractivity contribution in [2.24, 2.45) is 0 Å². The number of para-hydroxylation sites is 1. The van der Waals surface area contributed by atoms with Gasteiger partial charge in [-0.3, -0.25) is 0 Å². The second-order valence-corrected chi connectivity index (χ2v) is 3.02. The normalized spacial score (nSPS) is 10.9. The molecule has 3 N–H and O–H groups in total. The number of rotatable bonds is 2. The molecule has 78 valence electrons. The van der Waals surface area contributed by atoms with Crippen LogP contribution in [0.25, 0.3) is 10.9 Å². The minimum absolute atomic E-state index is 0.189. The molecule has 0 unspecified atom stereocenters. The van der Waals surface area contributed by atoms with Gasteiger partial charge in [-0.05, 0) is 6.07 Å². The quantitative estimate of drug-likeness (QED) is 0.491. The predicted octanol–water partition coefficient (Wildman–Crippen LogP) is 0.384. The van der Waals surface area contributed by atoms with Crippen LogP contribution in [-0.2, 0) is 4.79 Å². The van der Waals surface area contributed by atoms with Crippen molar-refractivity contribution >= 4 is 16.9 Å². The van der Waals surface area contributed by atoms with Crippen molar-refractivity contribution in [1.29, 1.82) is 0 Å². The molecule has 0 aliphatic heterocycles. The van der Waals surface area contributed by atoms with E-state index in [4.69, 9.17) is 10.2 Å². The molecule has 0 spiro atoms.